The second-order valence-electron chi connectivity index (χ2n) is 5.53. The van der Waals surface area contributed by atoms with Crippen molar-refractivity contribution >= 4 is 5.97 Å². The van der Waals surface area contributed by atoms with Crippen LogP contribution in [0.4, 0.5) is 0 Å². The van der Waals surface area contributed by atoms with Gasteiger partial charge in [-0.15, -0.1) is 0 Å². The topological polar surface area (TPSA) is 85.5 Å². The lowest BCUT2D eigenvalue weighted by Crippen LogP contribution is -2.36. The number of nitrogens with zero attached hydrogens (tertiary/aromatic N) is 2. The molecule has 0 bridgehead atoms. The minimum absolute atomic E-state index is 0.000326. The first kappa shape index (κ1) is 15.0. The summed E-state index contributed by atoms with van der Waals surface area (Å²) < 4.78 is 11.1. The van der Waals surface area contributed by atoms with E-state index in [-0.39, 0.29) is 12.8 Å². The van der Waals surface area contributed by atoms with Gasteiger partial charge in [-0.05, 0) is 32.1 Å². The number of ether oxygens (including phenoxy) is 1. The molecule has 0 aromatic carbocycles. The van der Waals surface area contributed by atoms with Crippen molar-refractivity contribution in [2.75, 3.05) is 6.61 Å². The van der Waals surface area contributed by atoms with Gasteiger partial charge in [-0.25, -0.2) is 0 Å². The normalized spacial score (nSPS) is 26.6. The van der Waals surface area contributed by atoms with E-state index in [1.807, 2.05) is 6.92 Å². The fraction of sp³-hybridized carbons (Fsp3) is 0.786. The summed E-state index contributed by atoms with van der Waals surface area (Å²) in [6, 6.07) is 0. The van der Waals surface area contributed by atoms with Gasteiger partial charge in [0, 0.05) is 13.0 Å². The third-order valence-corrected chi connectivity index (χ3v) is 3.80. The molecule has 1 fully saturated rings. The van der Waals surface area contributed by atoms with Crippen molar-refractivity contribution in [3.8, 4) is 0 Å². The van der Waals surface area contributed by atoms with Gasteiger partial charge in [0.05, 0.1) is 6.42 Å². The van der Waals surface area contributed by atoms with E-state index in [4.69, 9.17) is 14.4 Å². The summed E-state index contributed by atoms with van der Waals surface area (Å²) in [6.07, 6.45) is 4.32. The number of aryl methyl sites for hydroxylation is 1. The SMILES string of the molecule is CCOC1(c2noc(CCC(=O)O)n2)CCCC(C)C1. The fourth-order valence-corrected chi connectivity index (χ4v) is 2.93. The smallest absolute Gasteiger partial charge is 0.303 e. The van der Waals surface area contributed by atoms with Gasteiger partial charge in [-0.3, -0.25) is 4.79 Å². The van der Waals surface area contributed by atoms with Gasteiger partial charge in [0.25, 0.3) is 0 Å². The van der Waals surface area contributed by atoms with Gasteiger partial charge in [0.2, 0.25) is 11.7 Å². The quantitative estimate of drug-likeness (QED) is 0.863. The van der Waals surface area contributed by atoms with Gasteiger partial charge in [0.1, 0.15) is 5.60 Å². The van der Waals surface area contributed by atoms with Crippen LogP contribution in [0.3, 0.4) is 0 Å². The maximum absolute atomic E-state index is 10.6. The Morgan fingerprint density at radius 1 is 1.60 bits per heavy atom. The van der Waals surface area contributed by atoms with Crippen molar-refractivity contribution in [1.29, 1.82) is 0 Å². The number of carboxylic acids is 1. The van der Waals surface area contributed by atoms with Crippen molar-refractivity contribution in [2.24, 2.45) is 5.92 Å². The molecule has 1 saturated carbocycles. The number of aromatic nitrogens is 2. The molecule has 6 nitrogen and oxygen atoms in total. The molecule has 2 unspecified atom stereocenters. The minimum Gasteiger partial charge on any atom is -0.481 e. The Hall–Kier alpha value is -1.43. The number of hydrogen-bond donors (Lipinski definition) is 1. The summed E-state index contributed by atoms with van der Waals surface area (Å²) in [6.45, 7) is 4.77. The van der Waals surface area contributed by atoms with Crippen LogP contribution in [0.1, 0.15) is 57.7 Å². The fourth-order valence-electron chi connectivity index (χ4n) is 2.93. The van der Waals surface area contributed by atoms with Crippen LogP contribution in [0.25, 0.3) is 0 Å². The molecule has 0 aliphatic heterocycles. The minimum atomic E-state index is -0.865. The molecule has 1 heterocycles. The van der Waals surface area contributed by atoms with Crippen molar-refractivity contribution in [2.45, 2.75) is 58.0 Å². The summed E-state index contributed by atoms with van der Waals surface area (Å²) in [4.78, 5) is 14.9. The number of aliphatic carboxylic acids is 1. The van der Waals surface area contributed by atoms with E-state index in [9.17, 15) is 4.79 Å². The summed E-state index contributed by atoms with van der Waals surface area (Å²) in [5.41, 5.74) is -0.461. The molecule has 1 aliphatic rings. The third kappa shape index (κ3) is 3.36. The third-order valence-electron chi connectivity index (χ3n) is 3.80. The molecule has 6 heteroatoms. The van der Waals surface area contributed by atoms with Crippen LogP contribution >= 0.6 is 0 Å². The van der Waals surface area contributed by atoms with Gasteiger partial charge in [-0.1, -0.05) is 18.5 Å². The summed E-state index contributed by atoms with van der Waals surface area (Å²) in [5, 5.41) is 12.7. The lowest BCUT2D eigenvalue weighted by molar-refractivity contribution is -0.137. The number of carbonyl (C=O) groups is 1. The number of rotatable bonds is 6. The number of carboxylic acid groups (broad SMARTS) is 1. The Kier molecular flexibility index (Phi) is 4.75. The molecule has 0 saturated heterocycles. The zero-order valence-electron chi connectivity index (χ0n) is 12.1. The molecular weight excluding hydrogens is 260 g/mol. The van der Waals surface area contributed by atoms with E-state index in [0.717, 1.165) is 19.3 Å². The van der Waals surface area contributed by atoms with E-state index in [1.165, 1.54) is 6.42 Å². The first-order valence-electron chi connectivity index (χ1n) is 7.24. The molecule has 0 spiro atoms. The highest BCUT2D eigenvalue weighted by Gasteiger charge is 2.41. The van der Waals surface area contributed by atoms with Crippen LogP contribution in [-0.4, -0.2) is 27.8 Å². The Balaban J connectivity index is 2.15. The van der Waals surface area contributed by atoms with Crippen LogP contribution < -0.4 is 0 Å². The average Bonchev–Trinajstić information content (AvgIpc) is 2.86. The van der Waals surface area contributed by atoms with E-state index in [0.29, 0.717) is 24.2 Å². The van der Waals surface area contributed by atoms with E-state index in [1.54, 1.807) is 0 Å². The molecule has 1 aromatic heterocycles. The zero-order valence-corrected chi connectivity index (χ0v) is 12.1. The zero-order chi connectivity index (χ0) is 14.6. The monoisotopic (exact) mass is 282 g/mol. The standard InChI is InChI=1S/C14H22N2O4/c1-3-19-14(8-4-5-10(2)9-14)13-15-11(20-16-13)6-7-12(17)18/h10H,3-9H2,1-2H3,(H,17,18). The Bertz CT molecular complexity index is 456. The highest BCUT2D eigenvalue weighted by molar-refractivity contribution is 5.66. The van der Waals surface area contributed by atoms with Gasteiger partial charge < -0.3 is 14.4 Å². The Morgan fingerprint density at radius 3 is 3.05 bits per heavy atom. The van der Waals surface area contributed by atoms with Gasteiger partial charge >= 0.3 is 5.97 Å². The van der Waals surface area contributed by atoms with Gasteiger partial charge in [0.15, 0.2) is 0 Å². The molecular formula is C14H22N2O4. The lowest BCUT2D eigenvalue weighted by atomic mass is 9.78. The first-order valence-corrected chi connectivity index (χ1v) is 7.24. The molecule has 0 amide bonds. The molecule has 1 N–H and O–H groups in total. The van der Waals surface area contributed by atoms with Crippen LogP contribution in [0, 0.1) is 5.92 Å². The molecule has 112 valence electrons. The second-order valence-corrected chi connectivity index (χ2v) is 5.53. The molecule has 0 radical (unpaired) electrons. The number of hydrogen-bond acceptors (Lipinski definition) is 5. The van der Waals surface area contributed by atoms with E-state index >= 15 is 0 Å². The second kappa shape index (κ2) is 6.35. The lowest BCUT2D eigenvalue weighted by Gasteiger charge is -2.37. The first-order chi connectivity index (χ1) is 9.55. The highest BCUT2D eigenvalue weighted by Crippen LogP contribution is 2.41. The van der Waals surface area contributed by atoms with Crippen molar-refractivity contribution in [3.05, 3.63) is 11.7 Å². The molecule has 20 heavy (non-hydrogen) atoms. The molecule has 2 rings (SSSR count). The molecule has 1 aliphatic carbocycles. The largest absolute Gasteiger partial charge is 0.481 e. The summed E-state index contributed by atoms with van der Waals surface area (Å²) in [5.74, 6) is 0.651. The average molecular weight is 282 g/mol. The van der Waals surface area contributed by atoms with Crippen LogP contribution in [0.5, 0.6) is 0 Å². The van der Waals surface area contributed by atoms with Crippen molar-refractivity contribution in [3.63, 3.8) is 0 Å². The summed E-state index contributed by atoms with van der Waals surface area (Å²) >= 11 is 0. The maximum atomic E-state index is 10.6. The van der Waals surface area contributed by atoms with E-state index < -0.39 is 11.6 Å². The van der Waals surface area contributed by atoms with Crippen LogP contribution in [-0.2, 0) is 21.6 Å². The highest BCUT2D eigenvalue weighted by atomic mass is 16.5. The predicted molar refractivity (Wildman–Crippen MR) is 71.2 cm³/mol. The molecule has 1 aromatic rings. The summed E-state index contributed by atoms with van der Waals surface area (Å²) in [7, 11) is 0. The molecule has 2 atom stereocenters. The van der Waals surface area contributed by atoms with Crippen LogP contribution in [0.15, 0.2) is 4.52 Å². The van der Waals surface area contributed by atoms with Crippen molar-refractivity contribution in [1.82, 2.24) is 10.1 Å². The predicted octanol–water partition coefficient (Wildman–Crippen LogP) is 2.53. The Labute approximate surface area is 118 Å². The Morgan fingerprint density at radius 2 is 2.40 bits per heavy atom. The van der Waals surface area contributed by atoms with Crippen molar-refractivity contribution < 1.29 is 19.2 Å². The maximum Gasteiger partial charge on any atom is 0.303 e. The van der Waals surface area contributed by atoms with Crippen LogP contribution in [0.2, 0.25) is 0 Å². The van der Waals surface area contributed by atoms with Gasteiger partial charge in [-0.2, -0.15) is 4.98 Å². The van der Waals surface area contributed by atoms with E-state index in [2.05, 4.69) is 17.1 Å².